The number of aromatic amines is 1. The maximum absolute atomic E-state index is 10.2. The van der Waals surface area contributed by atoms with Crippen molar-refractivity contribution >= 4 is 22.3 Å². The van der Waals surface area contributed by atoms with Crippen molar-refractivity contribution in [3.63, 3.8) is 0 Å². The first kappa shape index (κ1) is 16.3. The van der Waals surface area contributed by atoms with E-state index in [9.17, 15) is 10.4 Å². The number of oxime groups is 1. The van der Waals surface area contributed by atoms with Crippen molar-refractivity contribution in [1.82, 2.24) is 9.97 Å². The topological polar surface area (TPSA) is 94.3 Å². The van der Waals surface area contributed by atoms with Gasteiger partial charge in [-0.2, -0.15) is 5.26 Å². The van der Waals surface area contributed by atoms with Gasteiger partial charge in [0.05, 0.1) is 16.7 Å². The highest BCUT2D eigenvalue weighted by molar-refractivity contribution is 5.98. The Morgan fingerprint density at radius 2 is 1.92 bits per heavy atom. The first-order valence-corrected chi connectivity index (χ1v) is 7.68. The zero-order valence-electron chi connectivity index (χ0n) is 13.6. The van der Waals surface area contributed by atoms with Crippen molar-refractivity contribution in [3.05, 3.63) is 71.7 Å². The highest BCUT2D eigenvalue weighted by Crippen LogP contribution is 2.18. The van der Waals surface area contributed by atoms with E-state index < -0.39 is 0 Å². The lowest BCUT2D eigenvalue weighted by Crippen LogP contribution is -2.01. The number of aromatic nitrogens is 2. The molecule has 0 aliphatic heterocycles. The summed E-state index contributed by atoms with van der Waals surface area (Å²) in [6, 6.07) is 18.9. The Morgan fingerprint density at radius 3 is 2.64 bits per heavy atom. The second-order valence-electron chi connectivity index (χ2n) is 5.35. The molecule has 1 heterocycles. The van der Waals surface area contributed by atoms with Crippen LogP contribution in [0.5, 0.6) is 0 Å². The molecule has 124 valence electrons. The number of aliphatic hydroxyl groups excluding tert-OH is 1. The summed E-state index contributed by atoms with van der Waals surface area (Å²) >= 11 is 0. The number of nitrogens with one attached hydrogen (secondary N) is 1. The predicted molar refractivity (Wildman–Crippen MR) is 95.9 cm³/mol. The Balaban J connectivity index is 1.77. The van der Waals surface area contributed by atoms with Gasteiger partial charge in [0.15, 0.2) is 18.2 Å². The van der Waals surface area contributed by atoms with Crippen molar-refractivity contribution in [2.45, 2.75) is 6.92 Å². The van der Waals surface area contributed by atoms with Crippen LogP contribution < -0.4 is 0 Å². The van der Waals surface area contributed by atoms with E-state index in [4.69, 9.17) is 4.84 Å². The van der Waals surface area contributed by atoms with Crippen LogP contribution in [0.4, 0.5) is 0 Å². The van der Waals surface area contributed by atoms with Crippen molar-refractivity contribution in [3.8, 4) is 6.07 Å². The molecule has 0 fully saturated rings. The summed E-state index contributed by atoms with van der Waals surface area (Å²) < 4.78 is 0. The summed E-state index contributed by atoms with van der Waals surface area (Å²) in [6.45, 7) is 1.59. The second-order valence-corrected chi connectivity index (χ2v) is 5.35. The number of fused-ring (bicyclic) bond motifs is 1. The Labute approximate surface area is 144 Å². The molecular formula is C19H16N4O2. The lowest BCUT2D eigenvalue weighted by atomic mass is 10.1. The van der Waals surface area contributed by atoms with Crippen LogP contribution in [-0.4, -0.2) is 27.4 Å². The van der Waals surface area contributed by atoms with Crippen molar-refractivity contribution < 1.29 is 9.94 Å². The van der Waals surface area contributed by atoms with Crippen molar-refractivity contribution in [2.24, 2.45) is 5.16 Å². The average Bonchev–Trinajstić information content (AvgIpc) is 3.06. The number of hydrogen-bond donors (Lipinski definition) is 2. The third-order valence-corrected chi connectivity index (χ3v) is 3.62. The summed E-state index contributed by atoms with van der Waals surface area (Å²) in [6.07, 6.45) is 0. The highest BCUT2D eigenvalue weighted by atomic mass is 16.6. The molecule has 0 atom stereocenters. The maximum Gasteiger partial charge on any atom is 0.175 e. The lowest BCUT2D eigenvalue weighted by Gasteiger charge is -2.03. The molecule has 0 unspecified atom stereocenters. The molecule has 6 nitrogen and oxygen atoms in total. The van der Waals surface area contributed by atoms with Crippen LogP contribution >= 0.6 is 0 Å². The van der Waals surface area contributed by atoms with E-state index in [-0.39, 0.29) is 17.9 Å². The molecule has 0 aliphatic rings. The van der Waals surface area contributed by atoms with E-state index in [2.05, 4.69) is 15.1 Å². The minimum absolute atomic E-state index is 0.0313. The monoisotopic (exact) mass is 332 g/mol. The molecule has 0 saturated carbocycles. The van der Waals surface area contributed by atoms with Crippen LogP contribution in [0.15, 0.2) is 65.5 Å². The number of para-hydroxylation sites is 2. The molecule has 2 aromatic carbocycles. The van der Waals surface area contributed by atoms with Crippen LogP contribution in [0.1, 0.15) is 18.3 Å². The largest absolute Gasteiger partial charge is 0.507 e. The Kier molecular flexibility index (Phi) is 4.77. The van der Waals surface area contributed by atoms with Crippen LogP contribution in [0.3, 0.4) is 0 Å². The maximum atomic E-state index is 10.2. The van der Waals surface area contributed by atoms with E-state index in [1.165, 1.54) is 0 Å². The number of nitriles is 1. The number of nitrogens with zero attached hydrogens (tertiary/aromatic N) is 3. The van der Waals surface area contributed by atoms with Crippen LogP contribution in [-0.2, 0) is 4.84 Å². The number of benzene rings is 2. The molecule has 3 rings (SSSR count). The van der Waals surface area contributed by atoms with Gasteiger partial charge in [-0.25, -0.2) is 4.98 Å². The number of imidazole rings is 1. The van der Waals surface area contributed by atoms with Crippen molar-refractivity contribution in [1.29, 1.82) is 5.26 Å². The molecule has 0 aliphatic carbocycles. The molecule has 1 aromatic heterocycles. The summed E-state index contributed by atoms with van der Waals surface area (Å²) in [4.78, 5) is 12.5. The third kappa shape index (κ3) is 3.67. The minimum atomic E-state index is -0.230. The molecule has 25 heavy (non-hydrogen) atoms. The summed E-state index contributed by atoms with van der Waals surface area (Å²) in [5.41, 5.74) is 3.14. The molecule has 0 radical (unpaired) electrons. The standard InChI is InChI=1S/C19H16N4O2/c1-13(14-7-3-2-4-8-14)23-25-12-18(24)15(11-20)19-21-16-9-5-6-10-17(16)22-19/h2-10,24H,12H2,1H3,(H,21,22). The first-order valence-electron chi connectivity index (χ1n) is 7.68. The van der Waals surface area contributed by atoms with E-state index in [1.54, 1.807) is 6.92 Å². The Morgan fingerprint density at radius 1 is 1.20 bits per heavy atom. The lowest BCUT2D eigenvalue weighted by molar-refractivity contribution is 0.137. The van der Waals surface area contributed by atoms with E-state index >= 15 is 0 Å². The molecule has 3 aromatic rings. The quantitative estimate of drug-likeness (QED) is 0.321. The van der Waals surface area contributed by atoms with Gasteiger partial charge in [-0.1, -0.05) is 47.6 Å². The molecule has 0 saturated heterocycles. The molecule has 0 bridgehead atoms. The predicted octanol–water partition coefficient (Wildman–Crippen LogP) is 3.80. The Hall–Kier alpha value is -3.59. The van der Waals surface area contributed by atoms with Crippen LogP contribution in [0.25, 0.3) is 16.6 Å². The van der Waals surface area contributed by atoms with Crippen LogP contribution in [0, 0.1) is 11.3 Å². The van der Waals surface area contributed by atoms with Gasteiger partial charge in [-0.05, 0) is 24.6 Å². The SMILES string of the molecule is CC(=NOCC(O)=C(C#N)c1nc2ccccc2[nH]1)c1ccccc1. The third-order valence-electron chi connectivity index (χ3n) is 3.62. The smallest absolute Gasteiger partial charge is 0.175 e. The average molecular weight is 332 g/mol. The van der Waals surface area contributed by atoms with E-state index in [1.807, 2.05) is 60.7 Å². The van der Waals surface area contributed by atoms with E-state index in [0.29, 0.717) is 11.5 Å². The number of H-pyrrole nitrogens is 1. The molecule has 0 amide bonds. The molecule has 0 spiro atoms. The molecule has 2 N–H and O–H groups in total. The molecular weight excluding hydrogens is 316 g/mol. The first-order chi connectivity index (χ1) is 12.2. The summed E-state index contributed by atoms with van der Waals surface area (Å²) in [5, 5.41) is 23.5. The van der Waals surface area contributed by atoms with Crippen molar-refractivity contribution in [2.75, 3.05) is 6.61 Å². The minimum Gasteiger partial charge on any atom is -0.507 e. The van der Waals surface area contributed by atoms with Gasteiger partial charge < -0.3 is 14.9 Å². The normalized spacial score (nSPS) is 12.6. The van der Waals surface area contributed by atoms with Gasteiger partial charge in [0.1, 0.15) is 11.6 Å². The zero-order chi connectivity index (χ0) is 17.6. The summed E-state index contributed by atoms with van der Waals surface area (Å²) in [7, 11) is 0. The van der Waals surface area contributed by atoms with Gasteiger partial charge in [0.25, 0.3) is 0 Å². The second kappa shape index (κ2) is 7.32. The van der Waals surface area contributed by atoms with Gasteiger partial charge >= 0.3 is 0 Å². The number of allylic oxidation sites excluding steroid dienone is 1. The fraction of sp³-hybridized carbons (Fsp3) is 0.105. The van der Waals surface area contributed by atoms with Gasteiger partial charge in [-0.15, -0.1) is 0 Å². The highest BCUT2D eigenvalue weighted by Gasteiger charge is 2.13. The van der Waals surface area contributed by atoms with Crippen LogP contribution in [0.2, 0.25) is 0 Å². The van der Waals surface area contributed by atoms with Gasteiger partial charge in [0, 0.05) is 0 Å². The fourth-order valence-electron chi connectivity index (χ4n) is 2.32. The number of hydrogen-bond acceptors (Lipinski definition) is 5. The van der Waals surface area contributed by atoms with Gasteiger partial charge in [0.2, 0.25) is 0 Å². The van der Waals surface area contributed by atoms with Gasteiger partial charge in [-0.3, -0.25) is 0 Å². The summed E-state index contributed by atoms with van der Waals surface area (Å²) in [5.74, 6) is 0.0692. The Bertz CT molecular complexity index is 948. The zero-order valence-corrected chi connectivity index (χ0v) is 13.6. The number of aliphatic hydroxyl groups is 1. The fourth-order valence-corrected chi connectivity index (χ4v) is 2.32. The number of rotatable bonds is 5. The molecule has 6 heteroatoms. The van der Waals surface area contributed by atoms with E-state index in [0.717, 1.165) is 16.6 Å².